The number of fused-ring (bicyclic) bond motifs is 5. The van der Waals surface area contributed by atoms with Crippen LogP contribution < -0.4 is 0 Å². The molecule has 5 nitrogen and oxygen atoms in total. The predicted octanol–water partition coefficient (Wildman–Crippen LogP) is 4.77. The Morgan fingerprint density at radius 3 is 2.55 bits per heavy atom. The van der Waals surface area contributed by atoms with Crippen molar-refractivity contribution in [2.75, 3.05) is 0 Å². The second-order valence-corrected chi connectivity index (χ2v) is 10.5. The summed E-state index contributed by atoms with van der Waals surface area (Å²) in [5, 5.41) is 12.7. The van der Waals surface area contributed by atoms with Gasteiger partial charge in [-0.1, -0.05) is 31.5 Å². The topological polar surface area (TPSA) is 76.0 Å². The highest BCUT2D eigenvalue weighted by Gasteiger charge is 2.69. The number of esters is 1. The van der Waals surface area contributed by atoms with Gasteiger partial charge in [-0.15, -0.1) is 0 Å². The Kier molecular flexibility index (Phi) is 4.94. The van der Waals surface area contributed by atoms with Crippen LogP contribution in [0.2, 0.25) is 0 Å². The lowest BCUT2D eigenvalue weighted by molar-refractivity contribution is -0.186. The van der Waals surface area contributed by atoms with Crippen LogP contribution in [0.4, 0.5) is 0 Å². The Labute approximate surface area is 174 Å². The highest BCUT2D eigenvalue weighted by molar-refractivity contribution is 5.96. The molecule has 0 aromatic rings. The zero-order valence-electron chi connectivity index (χ0n) is 18.4. The summed E-state index contributed by atoms with van der Waals surface area (Å²) in [7, 11) is 0. The number of allylic oxidation sites excluding steroid dienone is 2. The molecule has 3 saturated carbocycles. The predicted molar refractivity (Wildman–Crippen MR) is 111 cm³/mol. The minimum Gasteiger partial charge on any atom is -0.451 e. The smallest absolute Gasteiger partial charge is 0.303 e. The number of oxime groups is 1. The fraction of sp³-hybridized carbons (Fsp3) is 0.792. The Balaban J connectivity index is 1.73. The summed E-state index contributed by atoms with van der Waals surface area (Å²) in [6.45, 7) is 9.81. The first-order valence-electron chi connectivity index (χ1n) is 11.3. The third kappa shape index (κ3) is 2.83. The molecule has 0 saturated heterocycles. The van der Waals surface area contributed by atoms with Crippen LogP contribution in [0, 0.1) is 40.9 Å². The molecule has 160 valence electrons. The lowest BCUT2D eigenvalue weighted by atomic mass is 9.48. The lowest BCUT2D eigenvalue weighted by Gasteiger charge is -2.57. The minimum absolute atomic E-state index is 0.00825. The minimum atomic E-state index is -0.976. The molecule has 0 radical (unpaired) electrons. The third-order valence-corrected chi connectivity index (χ3v) is 9.09. The molecule has 0 bridgehead atoms. The number of Topliss-reactive ketones (excluding diaryl/α,β-unsaturated/α-hetero) is 1. The van der Waals surface area contributed by atoms with Gasteiger partial charge < -0.3 is 9.94 Å². The second-order valence-electron chi connectivity index (χ2n) is 10.5. The van der Waals surface area contributed by atoms with Crippen molar-refractivity contribution in [3.63, 3.8) is 0 Å². The molecule has 0 aromatic heterocycles. The van der Waals surface area contributed by atoms with E-state index >= 15 is 0 Å². The lowest BCUT2D eigenvalue weighted by Crippen LogP contribution is -2.58. The van der Waals surface area contributed by atoms with Crippen molar-refractivity contribution < 1.29 is 19.5 Å². The van der Waals surface area contributed by atoms with Crippen molar-refractivity contribution in [2.24, 2.45) is 46.1 Å². The van der Waals surface area contributed by atoms with Crippen LogP contribution in [0.5, 0.6) is 0 Å². The summed E-state index contributed by atoms with van der Waals surface area (Å²) in [5.41, 5.74) is 0.994. The Hall–Kier alpha value is -1.65. The standard InChI is InChI=1S/C24H35NO4/c1-13-10-21-19(18-7-6-17(25-28)11-20(13)18)8-9-23(5)22(21)14(2)12-24(23,15(3)26)29-16(4)27/h11,13-14,18-19,21-22,28H,6-10,12H2,1-5H3/b25-17+/t13-,14+,18+,19+,21+,22-,23-,24-/m0/s1. The maximum Gasteiger partial charge on any atom is 0.303 e. The molecule has 0 amide bonds. The first-order valence-corrected chi connectivity index (χ1v) is 11.3. The largest absolute Gasteiger partial charge is 0.451 e. The molecule has 4 aliphatic rings. The molecule has 0 unspecified atom stereocenters. The molecule has 8 atom stereocenters. The van der Waals surface area contributed by atoms with Crippen molar-refractivity contribution in [2.45, 2.75) is 78.7 Å². The van der Waals surface area contributed by atoms with Crippen LogP contribution in [0.15, 0.2) is 16.8 Å². The SMILES string of the molecule is CC(=O)O[C@]1(C(C)=O)C[C@@H](C)[C@H]2[C@@H]3C[C@H](C)C4=C/C(=N/O)CC[C@@H]4[C@H]3CC[C@@]21C. The summed E-state index contributed by atoms with van der Waals surface area (Å²) in [4.78, 5) is 24.9. The van der Waals surface area contributed by atoms with Gasteiger partial charge in [0.15, 0.2) is 11.4 Å². The maximum absolute atomic E-state index is 12.9. The molecule has 1 N–H and O–H groups in total. The molecule has 29 heavy (non-hydrogen) atoms. The van der Waals surface area contributed by atoms with Gasteiger partial charge >= 0.3 is 5.97 Å². The van der Waals surface area contributed by atoms with Crippen LogP contribution in [0.3, 0.4) is 0 Å². The van der Waals surface area contributed by atoms with E-state index in [1.54, 1.807) is 6.92 Å². The maximum atomic E-state index is 12.9. The second kappa shape index (κ2) is 6.95. The third-order valence-electron chi connectivity index (χ3n) is 9.09. The highest BCUT2D eigenvalue weighted by atomic mass is 16.6. The van der Waals surface area contributed by atoms with E-state index in [9.17, 15) is 14.8 Å². The molecule has 0 aromatic carbocycles. The highest BCUT2D eigenvalue weighted by Crippen LogP contribution is 2.68. The number of carbonyl (C=O) groups excluding carboxylic acids is 2. The number of carbonyl (C=O) groups is 2. The van der Waals surface area contributed by atoms with Crippen molar-refractivity contribution >= 4 is 17.5 Å². The Bertz CT molecular complexity index is 786. The molecule has 0 aliphatic heterocycles. The monoisotopic (exact) mass is 401 g/mol. The van der Waals surface area contributed by atoms with E-state index in [4.69, 9.17) is 4.74 Å². The fourth-order valence-corrected chi connectivity index (χ4v) is 8.20. The quantitative estimate of drug-likeness (QED) is 0.411. The Morgan fingerprint density at radius 1 is 1.21 bits per heavy atom. The number of nitrogens with zero attached hydrogens (tertiary/aromatic N) is 1. The first-order chi connectivity index (χ1) is 13.6. The molecule has 4 aliphatic carbocycles. The van der Waals surface area contributed by atoms with Crippen LogP contribution >= 0.6 is 0 Å². The summed E-state index contributed by atoms with van der Waals surface area (Å²) in [6.07, 6.45) is 7.77. The van der Waals surface area contributed by atoms with E-state index in [0.717, 1.165) is 37.8 Å². The summed E-state index contributed by atoms with van der Waals surface area (Å²) in [6, 6.07) is 0. The van der Waals surface area contributed by atoms with E-state index in [1.165, 1.54) is 12.5 Å². The number of ketones is 1. The number of hydrogen-bond donors (Lipinski definition) is 1. The van der Waals surface area contributed by atoms with Gasteiger partial charge in [-0.3, -0.25) is 9.59 Å². The first kappa shape index (κ1) is 20.6. The van der Waals surface area contributed by atoms with Gasteiger partial charge in [-0.2, -0.15) is 0 Å². The summed E-state index contributed by atoms with van der Waals surface area (Å²) >= 11 is 0. The zero-order valence-corrected chi connectivity index (χ0v) is 18.4. The van der Waals surface area contributed by atoms with E-state index in [1.807, 2.05) is 0 Å². The van der Waals surface area contributed by atoms with Crippen LogP contribution in [0.25, 0.3) is 0 Å². The van der Waals surface area contributed by atoms with E-state index in [0.29, 0.717) is 41.9 Å². The van der Waals surface area contributed by atoms with Crippen molar-refractivity contribution in [1.82, 2.24) is 0 Å². The molecule has 4 rings (SSSR count). The van der Waals surface area contributed by atoms with E-state index in [2.05, 4.69) is 32.0 Å². The Morgan fingerprint density at radius 2 is 1.93 bits per heavy atom. The summed E-state index contributed by atoms with van der Waals surface area (Å²) in [5.74, 6) is 2.56. The number of rotatable bonds is 2. The van der Waals surface area contributed by atoms with E-state index in [-0.39, 0.29) is 17.2 Å². The molecule has 5 heteroatoms. The zero-order chi connectivity index (χ0) is 21.1. The van der Waals surface area contributed by atoms with Crippen LogP contribution in [0.1, 0.15) is 73.1 Å². The van der Waals surface area contributed by atoms with Crippen molar-refractivity contribution in [3.8, 4) is 0 Å². The number of ether oxygens (including phenoxy) is 1. The normalized spacial score (nSPS) is 47.6. The number of hydrogen-bond acceptors (Lipinski definition) is 5. The molecule has 0 spiro atoms. The van der Waals surface area contributed by atoms with Gasteiger partial charge in [0.25, 0.3) is 0 Å². The average molecular weight is 402 g/mol. The van der Waals surface area contributed by atoms with Gasteiger partial charge in [-0.05, 0) is 87.0 Å². The van der Waals surface area contributed by atoms with Crippen molar-refractivity contribution in [3.05, 3.63) is 11.6 Å². The molecular formula is C24H35NO4. The molecule has 0 heterocycles. The van der Waals surface area contributed by atoms with Crippen LogP contribution in [-0.2, 0) is 14.3 Å². The van der Waals surface area contributed by atoms with Gasteiger partial charge in [-0.25, -0.2) is 0 Å². The van der Waals surface area contributed by atoms with Crippen LogP contribution in [-0.4, -0.2) is 28.3 Å². The average Bonchev–Trinajstić information content (AvgIpc) is 2.89. The molecular weight excluding hydrogens is 366 g/mol. The van der Waals surface area contributed by atoms with Gasteiger partial charge in [0.1, 0.15) is 0 Å². The summed E-state index contributed by atoms with van der Waals surface area (Å²) < 4.78 is 5.90. The fourth-order valence-electron chi connectivity index (χ4n) is 8.20. The van der Waals surface area contributed by atoms with E-state index < -0.39 is 5.60 Å². The van der Waals surface area contributed by atoms with Gasteiger partial charge in [0.2, 0.25) is 0 Å². The van der Waals surface area contributed by atoms with Crippen molar-refractivity contribution in [1.29, 1.82) is 0 Å². The molecule has 3 fully saturated rings. The van der Waals surface area contributed by atoms with Gasteiger partial charge in [0, 0.05) is 12.3 Å². The van der Waals surface area contributed by atoms with Gasteiger partial charge in [0.05, 0.1) is 5.71 Å².